The van der Waals surface area contributed by atoms with Crippen molar-refractivity contribution in [1.82, 2.24) is 5.32 Å². The van der Waals surface area contributed by atoms with Crippen molar-refractivity contribution in [2.24, 2.45) is 0 Å². The van der Waals surface area contributed by atoms with Crippen LogP contribution in [0.5, 0.6) is 0 Å². The molecule has 1 amide bonds. The first kappa shape index (κ1) is 15.3. The Hall–Kier alpha value is -2.62. The lowest BCUT2D eigenvalue weighted by Gasteiger charge is -2.25. The van der Waals surface area contributed by atoms with Crippen molar-refractivity contribution in [3.63, 3.8) is 0 Å². The minimum Gasteiger partial charge on any atom is -0.478 e. The van der Waals surface area contributed by atoms with E-state index in [1.54, 1.807) is 19.1 Å². The van der Waals surface area contributed by atoms with Gasteiger partial charge in [-0.1, -0.05) is 24.3 Å². The smallest absolute Gasteiger partial charge is 0.335 e. The van der Waals surface area contributed by atoms with E-state index in [0.29, 0.717) is 5.56 Å². The summed E-state index contributed by atoms with van der Waals surface area (Å²) in [5, 5.41) is 12.2. The average Bonchev–Trinajstić information content (AvgIpc) is 2.82. The highest BCUT2D eigenvalue weighted by Crippen LogP contribution is 2.30. The van der Waals surface area contributed by atoms with Crippen molar-refractivity contribution >= 4 is 11.9 Å². The van der Waals surface area contributed by atoms with E-state index in [1.165, 1.54) is 17.2 Å². The number of benzene rings is 2. The topological polar surface area (TPSA) is 66.4 Å². The van der Waals surface area contributed by atoms with Crippen molar-refractivity contribution in [2.45, 2.75) is 32.2 Å². The second-order valence-electron chi connectivity index (χ2n) is 6.53. The van der Waals surface area contributed by atoms with Gasteiger partial charge in [0.15, 0.2) is 0 Å². The van der Waals surface area contributed by atoms with Crippen LogP contribution >= 0.6 is 0 Å². The molecule has 118 valence electrons. The molecule has 2 aromatic rings. The molecule has 23 heavy (non-hydrogen) atoms. The molecule has 0 atom stereocenters. The molecule has 0 saturated carbocycles. The van der Waals surface area contributed by atoms with Crippen molar-refractivity contribution in [2.75, 3.05) is 0 Å². The van der Waals surface area contributed by atoms with Crippen LogP contribution in [0.3, 0.4) is 0 Å². The van der Waals surface area contributed by atoms with Gasteiger partial charge in [0.25, 0.3) is 5.91 Å². The Kier molecular flexibility index (Phi) is 3.68. The largest absolute Gasteiger partial charge is 0.478 e. The Morgan fingerprint density at radius 1 is 1.04 bits per heavy atom. The number of amides is 1. The fraction of sp³-hybridized carbons (Fsp3) is 0.263. The lowest BCUT2D eigenvalue weighted by Crippen LogP contribution is -2.46. The van der Waals surface area contributed by atoms with Gasteiger partial charge in [0.05, 0.1) is 5.56 Å². The van der Waals surface area contributed by atoms with E-state index in [-0.39, 0.29) is 17.0 Å². The fourth-order valence-electron chi connectivity index (χ4n) is 3.28. The van der Waals surface area contributed by atoms with E-state index in [2.05, 4.69) is 17.4 Å². The van der Waals surface area contributed by atoms with Crippen LogP contribution in [0.15, 0.2) is 42.5 Å². The molecule has 0 aromatic heterocycles. The van der Waals surface area contributed by atoms with Gasteiger partial charge in [0.1, 0.15) is 0 Å². The molecule has 0 unspecified atom stereocenters. The minimum atomic E-state index is -1.03. The summed E-state index contributed by atoms with van der Waals surface area (Å²) in [5.41, 5.74) is 3.45. The molecule has 4 heteroatoms. The molecular formula is C19H19NO3. The minimum absolute atomic E-state index is 0.134. The highest BCUT2D eigenvalue weighted by atomic mass is 16.4. The van der Waals surface area contributed by atoms with Crippen molar-refractivity contribution < 1.29 is 14.7 Å². The molecule has 0 heterocycles. The van der Waals surface area contributed by atoms with Crippen molar-refractivity contribution in [3.8, 4) is 0 Å². The molecule has 0 saturated heterocycles. The molecular weight excluding hydrogens is 290 g/mol. The maximum atomic E-state index is 12.6. The first-order chi connectivity index (χ1) is 10.9. The Labute approximate surface area is 135 Å². The molecule has 4 nitrogen and oxygen atoms in total. The van der Waals surface area contributed by atoms with Crippen LogP contribution in [0.1, 0.15) is 44.3 Å². The van der Waals surface area contributed by atoms with Crippen LogP contribution in [0.4, 0.5) is 0 Å². The molecule has 2 aromatic carbocycles. The van der Waals surface area contributed by atoms with Crippen LogP contribution in [0.25, 0.3) is 0 Å². The van der Waals surface area contributed by atoms with Crippen LogP contribution in [-0.4, -0.2) is 22.5 Å². The van der Waals surface area contributed by atoms with Gasteiger partial charge in [-0.05, 0) is 61.6 Å². The Bertz CT molecular complexity index is 770. The highest BCUT2D eigenvalue weighted by molar-refractivity contribution is 5.98. The summed E-state index contributed by atoms with van der Waals surface area (Å²) in [6, 6.07) is 12.9. The molecule has 0 aliphatic heterocycles. The maximum Gasteiger partial charge on any atom is 0.335 e. The molecule has 0 bridgehead atoms. The number of aryl methyl sites for hydroxylation is 1. The van der Waals surface area contributed by atoms with E-state index in [9.17, 15) is 9.59 Å². The summed E-state index contributed by atoms with van der Waals surface area (Å²) >= 11 is 0. The summed E-state index contributed by atoms with van der Waals surface area (Å²) in [6.45, 7) is 3.81. The fourth-order valence-corrected chi connectivity index (χ4v) is 3.28. The average molecular weight is 309 g/mol. The number of carbonyl (C=O) groups excluding carboxylic acids is 1. The van der Waals surface area contributed by atoms with Gasteiger partial charge in [-0.3, -0.25) is 4.79 Å². The maximum absolute atomic E-state index is 12.6. The summed E-state index contributed by atoms with van der Waals surface area (Å²) in [5.74, 6) is -1.26. The molecule has 1 aliphatic rings. The third kappa shape index (κ3) is 3.11. The predicted octanol–water partition coefficient (Wildman–Crippen LogP) is 2.98. The predicted molar refractivity (Wildman–Crippen MR) is 87.9 cm³/mol. The zero-order chi connectivity index (χ0) is 16.6. The summed E-state index contributed by atoms with van der Waals surface area (Å²) in [6.07, 6.45) is 1.57. The third-order valence-corrected chi connectivity index (χ3v) is 4.28. The number of carboxylic acids is 1. The number of hydrogen-bond acceptors (Lipinski definition) is 2. The van der Waals surface area contributed by atoms with E-state index >= 15 is 0 Å². The standard InChI is InChI=1S/C19H19NO3/c1-12-7-15(9-16(8-12)18(22)23)17(21)20-19(2)10-13-5-3-4-6-14(13)11-19/h3-9H,10-11H2,1-2H3,(H,20,21)(H,22,23). The van der Waals surface area contributed by atoms with Gasteiger partial charge < -0.3 is 10.4 Å². The highest BCUT2D eigenvalue weighted by Gasteiger charge is 2.34. The first-order valence-electron chi connectivity index (χ1n) is 7.61. The Balaban J connectivity index is 1.82. The van der Waals surface area contributed by atoms with Crippen LogP contribution < -0.4 is 5.32 Å². The third-order valence-electron chi connectivity index (χ3n) is 4.28. The summed E-state index contributed by atoms with van der Waals surface area (Å²) in [4.78, 5) is 23.7. The number of aromatic carboxylic acids is 1. The zero-order valence-corrected chi connectivity index (χ0v) is 13.2. The SMILES string of the molecule is Cc1cc(C(=O)O)cc(C(=O)NC2(C)Cc3ccccc3C2)c1. The second kappa shape index (κ2) is 5.54. The first-order valence-corrected chi connectivity index (χ1v) is 7.61. The second-order valence-corrected chi connectivity index (χ2v) is 6.53. The van der Waals surface area contributed by atoms with Gasteiger partial charge in [0, 0.05) is 11.1 Å². The molecule has 3 rings (SSSR count). The van der Waals surface area contributed by atoms with Crippen LogP contribution in [0.2, 0.25) is 0 Å². The number of fused-ring (bicyclic) bond motifs is 1. The van der Waals surface area contributed by atoms with Gasteiger partial charge in [-0.2, -0.15) is 0 Å². The lowest BCUT2D eigenvalue weighted by molar-refractivity contribution is 0.0696. The van der Waals surface area contributed by atoms with Crippen LogP contribution in [-0.2, 0) is 12.8 Å². The number of nitrogens with one attached hydrogen (secondary N) is 1. The Morgan fingerprint density at radius 3 is 2.17 bits per heavy atom. The number of hydrogen-bond donors (Lipinski definition) is 2. The van der Waals surface area contributed by atoms with Crippen LogP contribution in [0, 0.1) is 6.92 Å². The molecule has 2 N–H and O–H groups in total. The van der Waals surface area contributed by atoms with E-state index in [0.717, 1.165) is 18.4 Å². The normalized spacial score (nSPS) is 15.0. The zero-order valence-electron chi connectivity index (χ0n) is 13.2. The van der Waals surface area contributed by atoms with E-state index in [1.807, 2.05) is 19.1 Å². The lowest BCUT2D eigenvalue weighted by atomic mass is 9.97. The Morgan fingerprint density at radius 2 is 1.61 bits per heavy atom. The molecule has 1 aliphatic carbocycles. The summed E-state index contributed by atoms with van der Waals surface area (Å²) in [7, 11) is 0. The van der Waals surface area contributed by atoms with Gasteiger partial charge in [0.2, 0.25) is 0 Å². The summed E-state index contributed by atoms with van der Waals surface area (Å²) < 4.78 is 0. The van der Waals surface area contributed by atoms with E-state index in [4.69, 9.17) is 5.11 Å². The van der Waals surface area contributed by atoms with Gasteiger partial charge in [-0.25, -0.2) is 4.79 Å². The number of rotatable bonds is 3. The van der Waals surface area contributed by atoms with Crippen molar-refractivity contribution in [3.05, 3.63) is 70.3 Å². The van der Waals surface area contributed by atoms with Crippen molar-refractivity contribution in [1.29, 1.82) is 0 Å². The monoisotopic (exact) mass is 309 g/mol. The molecule has 0 fully saturated rings. The van der Waals surface area contributed by atoms with Gasteiger partial charge >= 0.3 is 5.97 Å². The molecule has 0 radical (unpaired) electrons. The quantitative estimate of drug-likeness (QED) is 0.916. The molecule has 0 spiro atoms. The number of carboxylic acid groups (broad SMARTS) is 1. The van der Waals surface area contributed by atoms with E-state index < -0.39 is 5.97 Å². The number of carbonyl (C=O) groups is 2. The van der Waals surface area contributed by atoms with Gasteiger partial charge in [-0.15, -0.1) is 0 Å².